The van der Waals surface area contributed by atoms with Crippen LogP contribution in [-0.2, 0) is 12.0 Å². The first-order chi connectivity index (χ1) is 14.9. The Labute approximate surface area is 210 Å². The van der Waals surface area contributed by atoms with Crippen molar-refractivity contribution >= 4 is 29.9 Å². The zero-order chi connectivity index (χ0) is 22.3. The van der Waals surface area contributed by atoms with Gasteiger partial charge in [-0.2, -0.15) is 0 Å². The molecule has 1 aliphatic rings. The lowest BCUT2D eigenvalue weighted by atomic mass is 9.85. The number of halogens is 1. The number of hydrogen-bond donors (Lipinski definition) is 2. The molecular formula is C25H40IN5O. The molecule has 3 rings (SSSR count). The van der Waals surface area contributed by atoms with Crippen molar-refractivity contribution < 1.29 is 4.42 Å². The summed E-state index contributed by atoms with van der Waals surface area (Å²) in [5.74, 6) is 3.35. The van der Waals surface area contributed by atoms with Crippen LogP contribution in [-0.4, -0.2) is 48.6 Å². The van der Waals surface area contributed by atoms with E-state index >= 15 is 0 Å². The van der Waals surface area contributed by atoms with Gasteiger partial charge in [-0.25, -0.2) is 4.98 Å². The van der Waals surface area contributed by atoms with Gasteiger partial charge >= 0.3 is 0 Å². The molecule has 32 heavy (non-hydrogen) atoms. The van der Waals surface area contributed by atoms with Crippen LogP contribution >= 0.6 is 24.0 Å². The lowest BCUT2D eigenvalue weighted by molar-refractivity contribution is 0.164. The smallest absolute Gasteiger partial charge is 0.208 e. The Morgan fingerprint density at radius 3 is 2.44 bits per heavy atom. The van der Waals surface area contributed by atoms with Gasteiger partial charge in [0.25, 0.3) is 0 Å². The molecule has 0 aliphatic carbocycles. The van der Waals surface area contributed by atoms with Crippen molar-refractivity contribution in [1.82, 2.24) is 20.5 Å². The van der Waals surface area contributed by atoms with Crippen LogP contribution in [0.4, 0.5) is 0 Å². The third-order valence-corrected chi connectivity index (χ3v) is 6.23. The fourth-order valence-corrected chi connectivity index (χ4v) is 3.99. The van der Waals surface area contributed by atoms with Crippen molar-refractivity contribution in [2.24, 2.45) is 10.9 Å². The number of nitrogens with zero attached hydrogens (tertiary/aromatic N) is 3. The highest BCUT2D eigenvalue weighted by molar-refractivity contribution is 14.0. The van der Waals surface area contributed by atoms with Gasteiger partial charge < -0.3 is 15.1 Å². The number of guanidine groups is 1. The Bertz CT molecular complexity index is 822. The third-order valence-electron chi connectivity index (χ3n) is 6.23. The largest absolute Gasteiger partial charge is 0.444 e. The molecule has 0 bridgehead atoms. The van der Waals surface area contributed by atoms with Crippen molar-refractivity contribution in [1.29, 1.82) is 0 Å². The molecule has 178 valence electrons. The Balaban J connectivity index is 0.00000363. The van der Waals surface area contributed by atoms with E-state index < -0.39 is 0 Å². The Morgan fingerprint density at radius 1 is 1.16 bits per heavy atom. The van der Waals surface area contributed by atoms with Gasteiger partial charge in [-0.05, 0) is 58.2 Å². The highest BCUT2D eigenvalue weighted by atomic mass is 127. The molecule has 1 aromatic heterocycles. The average Bonchev–Trinajstić information content (AvgIpc) is 3.08. The Hall–Kier alpha value is -1.61. The molecule has 0 spiro atoms. The molecule has 1 aliphatic heterocycles. The van der Waals surface area contributed by atoms with E-state index in [-0.39, 0.29) is 29.4 Å². The zero-order valence-corrected chi connectivity index (χ0v) is 22.6. The van der Waals surface area contributed by atoms with E-state index in [0.29, 0.717) is 5.92 Å². The van der Waals surface area contributed by atoms with Crippen molar-refractivity contribution in [2.45, 2.75) is 59.4 Å². The fourth-order valence-electron chi connectivity index (χ4n) is 3.99. The summed E-state index contributed by atoms with van der Waals surface area (Å²) in [6.07, 6.45) is 2.36. The first-order valence-corrected chi connectivity index (χ1v) is 11.6. The minimum absolute atomic E-state index is 0. The van der Waals surface area contributed by atoms with Gasteiger partial charge in [0, 0.05) is 18.5 Å². The number of nitrogens with one attached hydrogen (secondary N) is 2. The van der Waals surface area contributed by atoms with E-state index in [1.54, 1.807) is 0 Å². The van der Waals surface area contributed by atoms with Crippen LogP contribution < -0.4 is 10.6 Å². The number of rotatable bonds is 8. The van der Waals surface area contributed by atoms with Gasteiger partial charge in [0.2, 0.25) is 5.89 Å². The van der Waals surface area contributed by atoms with E-state index in [9.17, 15) is 0 Å². The lowest BCUT2D eigenvalue weighted by Gasteiger charge is -2.31. The van der Waals surface area contributed by atoms with Crippen LogP contribution in [0.2, 0.25) is 0 Å². The summed E-state index contributed by atoms with van der Waals surface area (Å²) in [6, 6.07) is 10.6. The highest BCUT2D eigenvalue weighted by Gasteiger charge is 2.22. The van der Waals surface area contributed by atoms with Crippen LogP contribution in [0.3, 0.4) is 0 Å². The van der Waals surface area contributed by atoms with E-state index in [1.165, 1.54) is 18.4 Å². The number of aliphatic imine (C=N–C) groups is 1. The predicted molar refractivity (Wildman–Crippen MR) is 143 cm³/mol. The molecule has 0 unspecified atom stereocenters. The minimum Gasteiger partial charge on any atom is -0.444 e. The first-order valence-electron chi connectivity index (χ1n) is 11.6. The van der Waals surface area contributed by atoms with Gasteiger partial charge in [-0.1, -0.05) is 44.2 Å². The quantitative estimate of drug-likeness (QED) is 0.283. The van der Waals surface area contributed by atoms with Gasteiger partial charge in [0.1, 0.15) is 5.76 Å². The van der Waals surface area contributed by atoms with Crippen LogP contribution in [0, 0.1) is 19.8 Å². The van der Waals surface area contributed by atoms with Crippen molar-refractivity contribution in [2.75, 3.05) is 32.7 Å². The summed E-state index contributed by atoms with van der Waals surface area (Å²) in [4.78, 5) is 11.9. The topological polar surface area (TPSA) is 65.7 Å². The second-order valence-electron chi connectivity index (χ2n) is 9.29. The number of aryl methyl sites for hydroxylation is 2. The Kier molecular flexibility index (Phi) is 10.5. The predicted octanol–water partition coefficient (Wildman–Crippen LogP) is 4.65. The summed E-state index contributed by atoms with van der Waals surface area (Å²) in [6.45, 7) is 16.2. The number of aromatic nitrogens is 1. The second-order valence-corrected chi connectivity index (χ2v) is 9.29. The molecule has 2 aromatic rings. The van der Waals surface area contributed by atoms with E-state index in [0.717, 1.165) is 62.6 Å². The SMILES string of the molecule is CCNC(=NCC(C)(C)c1ccccc1)NCC1CCN(Cc2nc(C)c(C)o2)CC1.I. The molecule has 2 heterocycles. The summed E-state index contributed by atoms with van der Waals surface area (Å²) >= 11 is 0. The highest BCUT2D eigenvalue weighted by Crippen LogP contribution is 2.23. The fraction of sp³-hybridized carbons (Fsp3) is 0.600. The van der Waals surface area contributed by atoms with E-state index in [1.807, 2.05) is 13.8 Å². The molecule has 2 N–H and O–H groups in total. The maximum atomic E-state index is 5.75. The van der Waals surface area contributed by atoms with Crippen LogP contribution in [0.5, 0.6) is 0 Å². The molecule has 1 fully saturated rings. The van der Waals surface area contributed by atoms with E-state index in [4.69, 9.17) is 9.41 Å². The van der Waals surface area contributed by atoms with Crippen molar-refractivity contribution in [3.05, 3.63) is 53.2 Å². The average molecular weight is 554 g/mol. The summed E-state index contributed by atoms with van der Waals surface area (Å²) < 4.78 is 5.75. The molecular weight excluding hydrogens is 513 g/mol. The summed E-state index contributed by atoms with van der Waals surface area (Å²) in [7, 11) is 0. The molecule has 1 saturated heterocycles. The number of oxazole rings is 1. The number of likely N-dealkylation sites (tertiary alicyclic amines) is 1. The normalized spacial score (nSPS) is 16.0. The molecule has 0 atom stereocenters. The number of benzene rings is 1. The van der Waals surface area contributed by atoms with Gasteiger partial charge in [-0.3, -0.25) is 9.89 Å². The van der Waals surface area contributed by atoms with Gasteiger partial charge in [0.05, 0.1) is 18.8 Å². The molecule has 6 nitrogen and oxygen atoms in total. The van der Waals surface area contributed by atoms with Gasteiger partial charge in [0.15, 0.2) is 5.96 Å². The summed E-state index contributed by atoms with van der Waals surface area (Å²) in [5.41, 5.74) is 2.32. The molecule has 0 amide bonds. The Morgan fingerprint density at radius 2 is 1.84 bits per heavy atom. The monoisotopic (exact) mass is 553 g/mol. The minimum atomic E-state index is 0. The second kappa shape index (κ2) is 12.6. The summed E-state index contributed by atoms with van der Waals surface area (Å²) in [5, 5.41) is 6.98. The van der Waals surface area contributed by atoms with Crippen LogP contribution in [0.15, 0.2) is 39.7 Å². The molecule has 1 aromatic carbocycles. The van der Waals surface area contributed by atoms with Crippen molar-refractivity contribution in [3.63, 3.8) is 0 Å². The standard InChI is InChI=1S/C25H39N5O.HI/c1-6-26-24(28-18-25(4,5)22-10-8-7-9-11-22)27-16-21-12-14-30(15-13-21)17-23-29-19(2)20(3)31-23;/h7-11,21H,6,12-18H2,1-5H3,(H2,26,27,28);1H. The maximum Gasteiger partial charge on any atom is 0.208 e. The van der Waals surface area contributed by atoms with E-state index in [2.05, 4.69) is 71.6 Å². The van der Waals surface area contributed by atoms with Crippen molar-refractivity contribution in [3.8, 4) is 0 Å². The third kappa shape index (κ3) is 7.76. The molecule has 0 radical (unpaired) electrons. The lowest BCUT2D eigenvalue weighted by Crippen LogP contribution is -2.43. The number of piperidine rings is 1. The zero-order valence-electron chi connectivity index (χ0n) is 20.3. The number of hydrogen-bond acceptors (Lipinski definition) is 4. The molecule has 0 saturated carbocycles. The van der Waals surface area contributed by atoms with Gasteiger partial charge in [-0.15, -0.1) is 24.0 Å². The van der Waals surface area contributed by atoms with Crippen LogP contribution in [0.25, 0.3) is 0 Å². The first kappa shape index (κ1) is 26.6. The maximum absolute atomic E-state index is 5.75. The van der Waals surface area contributed by atoms with Crippen LogP contribution in [0.1, 0.15) is 56.5 Å². The molecule has 7 heteroatoms.